The highest BCUT2D eigenvalue weighted by molar-refractivity contribution is 5.90. The van der Waals surface area contributed by atoms with E-state index in [1.54, 1.807) is 18.4 Å². The first-order valence-electron chi connectivity index (χ1n) is 6.48. The van der Waals surface area contributed by atoms with Gasteiger partial charge >= 0.3 is 5.97 Å². The number of benzene rings is 2. The molecule has 0 fully saturated rings. The number of carboxylic acid groups (broad SMARTS) is 1. The lowest BCUT2D eigenvalue weighted by molar-refractivity contribution is -0.138. The van der Waals surface area contributed by atoms with Gasteiger partial charge in [0.05, 0.1) is 12.2 Å². The quantitative estimate of drug-likeness (QED) is 0.780. The molecule has 0 spiro atoms. The van der Waals surface area contributed by atoms with Crippen LogP contribution in [0.15, 0.2) is 65.3 Å². The third kappa shape index (κ3) is 2.30. The van der Waals surface area contributed by atoms with Gasteiger partial charge < -0.3 is 9.52 Å². The summed E-state index contributed by atoms with van der Waals surface area (Å²) in [6.45, 7) is 0. The van der Waals surface area contributed by atoms with Crippen LogP contribution < -0.4 is 0 Å². The van der Waals surface area contributed by atoms with Crippen LogP contribution in [0.5, 0.6) is 0 Å². The minimum Gasteiger partial charge on any atom is -0.481 e. The summed E-state index contributed by atoms with van der Waals surface area (Å²) in [7, 11) is 0. The maximum Gasteiger partial charge on any atom is 0.311 e. The number of aliphatic carboxylic acids is 1. The molecule has 3 aromatic rings. The normalized spacial score (nSPS) is 12.4. The lowest BCUT2D eigenvalue weighted by Gasteiger charge is -2.14. The summed E-state index contributed by atoms with van der Waals surface area (Å²) >= 11 is 0. The number of carbonyl (C=O) groups is 1. The molecular weight excluding hydrogens is 252 g/mol. The monoisotopic (exact) mass is 266 g/mol. The van der Waals surface area contributed by atoms with Gasteiger partial charge in [-0.15, -0.1) is 0 Å². The molecule has 0 radical (unpaired) electrons. The minimum absolute atomic E-state index is 0.357. The average Bonchev–Trinajstić information content (AvgIpc) is 2.97. The molecule has 1 aromatic heterocycles. The molecule has 0 aliphatic rings. The molecule has 3 nitrogen and oxygen atoms in total. The third-order valence-electron chi connectivity index (χ3n) is 3.48. The average molecular weight is 266 g/mol. The first-order valence-corrected chi connectivity index (χ1v) is 6.48. The third-order valence-corrected chi connectivity index (χ3v) is 3.48. The van der Waals surface area contributed by atoms with Crippen molar-refractivity contribution < 1.29 is 14.3 Å². The van der Waals surface area contributed by atoms with E-state index in [9.17, 15) is 9.90 Å². The molecular formula is C17H14O3. The Balaban J connectivity index is 2.08. The number of hydrogen-bond acceptors (Lipinski definition) is 2. The molecule has 0 unspecified atom stereocenters. The first kappa shape index (κ1) is 12.5. The summed E-state index contributed by atoms with van der Waals surface area (Å²) in [6, 6.07) is 17.2. The standard InChI is InChI=1S/C17H14O3/c18-17(19)16(11-13-7-4-10-20-13)15-9-3-6-12-5-1-2-8-14(12)15/h1-10,16H,11H2,(H,18,19)/t16-/m0/s1. The molecule has 0 aliphatic heterocycles. The summed E-state index contributed by atoms with van der Waals surface area (Å²) in [4.78, 5) is 11.6. The predicted octanol–water partition coefficient (Wildman–Crippen LogP) is 3.84. The highest BCUT2D eigenvalue weighted by Gasteiger charge is 2.23. The summed E-state index contributed by atoms with van der Waals surface area (Å²) in [6.07, 6.45) is 1.92. The molecule has 0 amide bonds. The Bertz CT molecular complexity index is 724. The van der Waals surface area contributed by atoms with E-state index in [4.69, 9.17) is 4.42 Å². The van der Waals surface area contributed by atoms with E-state index < -0.39 is 11.9 Å². The smallest absolute Gasteiger partial charge is 0.311 e. The van der Waals surface area contributed by atoms with Crippen molar-refractivity contribution in [2.24, 2.45) is 0 Å². The van der Waals surface area contributed by atoms with Crippen molar-refractivity contribution in [2.45, 2.75) is 12.3 Å². The number of carboxylic acids is 1. The van der Waals surface area contributed by atoms with Gasteiger partial charge in [-0.25, -0.2) is 0 Å². The fourth-order valence-corrected chi connectivity index (χ4v) is 2.51. The van der Waals surface area contributed by atoms with Crippen LogP contribution >= 0.6 is 0 Å². The highest BCUT2D eigenvalue weighted by atomic mass is 16.4. The highest BCUT2D eigenvalue weighted by Crippen LogP contribution is 2.28. The van der Waals surface area contributed by atoms with Crippen molar-refractivity contribution in [1.29, 1.82) is 0 Å². The summed E-state index contributed by atoms with van der Waals surface area (Å²) in [5, 5.41) is 11.6. The second kappa shape index (κ2) is 5.21. The predicted molar refractivity (Wildman–Crippen MR) is 76.7 cm³/mol. The van der Waals surface area contributed by atoms with E-state index >= 15 is 0 Å². The molecule has 2 aromatic carbocycles. The maximum absolute atomic E-state index is 11.6. The van der Waals surface area contributed by atoms with Gasteiger partial charge in [0.2, 0.25) is 0 Å². The van der Waals surface area contributed by atoms with Gasteiger partial charge in [-0.05, 0) is 28.5 Å². The number of fused-ring (bicyclic) bond motifs is 1. The van der Waals surface area contributed by atoms with E-state index in [1.807, 2.05) is 42.5 Å². The van der Waals surface area contributed by atoms with E-state index in [2.05, 4.69) is 0 Å². The van der Waals surface area contributed by atoms with Gasteiger partial charge in [-0.1, -0.05) is 42.5 Å². The molecule has 0 saturated carbocycles. The van der Waals surface area contributed by atoms with Gasteiger partial charge in [0.15, 0.2) is 0 Å². The van der Waals surface area contributed by atoms with Crippen molar-refractivity contribution in [3.05, 3.63) is 72.2 Å². The zero-order valence-corrected chi connectivity index (χ0v) is 10.8. The Labute approximate surface area is 116 Å². The van der Waals surface area contributed by atoms with Gasteiger partial charge in [0, 0.05) is 6.42 Å². The van der Waals surface area contributed by atoms with Crippen molar-refractivity contribution in [3.8, 4) is 0 Å². The molecule has 1 atom stereocenters. The van der Waals surface area contributed by atoms with Gasteiger partial charge in [-0.3, -0.25) is 4.79 Å². The summed E-state index contributed by atoms with van der Waals surface area (Å²) < 4.78 is 5.28. The molecule has 1 heterocycles. The number of furan rings is 1. The van der Waals surface area contributed by atoms with Crippen LogP contribution in [-0.2, 0) is 11.2 Å². The molecule has 0 bridgehead atoms. The molecule has 1 N–H and O–H groups in total. The van der Waals surface area contributed by atoms with E-state index in [0.29, 0.717) is 12.2 Å². The van der Waals surface area contributed by atoms with Crippen LogP contribution in [0.3, 0.4) is 0 Å². The Hall–Kier alpha value is -2.55. The van der Waals surface area contributed by atoms with E-state index in [0.717, 1.165) is 16.3 Å². The molecule has 0 saturated heterocycles. The molecule has 0 aliphatic carbocycles. The van der Waals surface area contributed by atoms with E-state index in [-0.39, 0.29) is 0 Å². The van der Waals surface area contributed by atoms with Crippen LogP contribution in [0, 0.1) is 0 Å². The summed E-state index contributed by atoms with van der Waals surface area (Å²) in [5.41, 5.74) is 0.826. The largest absolute Gasteiger partial charge is 0.481 e. The Kier molecular flexibility index (Phi) is 3.25. The fourth-order valence-electron chi connectivity index (χ4n) is 2.51. The Morgan fingerprint density at radius 1 is 1.05 bits per heavy atom. The summed E-state index contributed by atoms with van der Waals surface area (Å²) in [5.74, 6) is -0.754. The van der Waals surface area contributed by atoms with Crippen molar-refractivity contribution in [2.75, 3.05) is 0 Å². The SMILES string of the molecule is O=C(O)[C@@H](Cc1ccco1)c1cccc2ccccc12. The topological polar surface area (TPSA) is 50.4 Å². The van der Waals surface area contributed by atoms with Crippen molar-refractivity contribution in [1.82, 2.24) is 0 Å². The number of rotatable bonds is 4. The first-order chi connectivity index (χ1) is 9.75. The van der Waals surface area contributed by atoms with Crippen LogP contribution in [0.4, 0.5) is 0 Å². The van der Waals surface area contributed by atoms with Crippen LogP contribution in [-0.4, -0.2) is 11.1 Å². The second-order valence-electron chi connectivity index (χ2n) is 4.74. The van der Waals surface area contributed by atoms with Gasteiger partial charge in [-0.2, -0.15) is 0 Å². The van der Waals surface area contributed by atoms with Gasteiger partial charge in [0.1, 0.15) is 5.76 Å². The van der Waals surface area contributed by atoms with Crippen molar-refractivity contribution >= 4 is 16.7 Å². The second-order valence-corrected chi connectivity index (χ2v) is 4.74. The molecule has 3 heteroatoms. The minimum atomic E-state index is -0.835. The zero-order chi connectivity index (χ0) is 13.9. The molecule has 20 heavy (non-hydrogen) atoms. The Morgan fingerprint density at radius 2 is 1.85 bits per heavy atom. The van der Waals surface area contributed by atoms with Crippen LogP contribution in [0.1, 0.15) is 17.2 Å². The van der Waals surface area contributed by atoms with Crippen molar-refractivity contribution in [3.63, 3.8) is 0 Å². The van der Waals surface area contributed by atoms with Crippen LogP contribution in [0.2, 0.25) is 0 Å². The number of hydrogen-bond donors (Lipinski definition) is 1. The fraction of sp³-hybridized carbons (Fsp3) is 0.118. The maximum atomic E-state index is 11.6. The lowest BCUT2D eigenvalue weighted by Crippen LogP contribution is -2.14. The Morgan fingerprint density at radius 3 is 2.60 bits per heavy atom. The van der Waals surface area contributed by atoms with E-state index in [1.165, 1.54) is 0 Å². The molecule has 3 rings (SSSR count). The van der Waals surface area contributed by atoms with Gasteiger partial charge in [0.25, 0.3) is 0 Å². The lowest BCUT2D eigenvalue weighted by atomic mass is 9.90. The van der Waals surface area contributed by atoms with Crippen LogP contribution in [0.25, 0.3) is 10.8 Å². The zero-order valence-electron chi connectivity index (χ0n) is 10.8. The molecule has 100 valence electrons.